The van der Waals surface area contributed by atoms with Crippen LogP contribution in [-0.4, -0.2) is 60.9 Å². The van der Waals surface area contributed by atoms with Crippen LogP contribution in [0.1, 0.15) is 11.9 Å². The summed E-state index contributed by atoms with van der Waals surface area (Å²) >= 11 is 0. The number of halogens is 1. The van der Waals surface area contributed by atoms with Crippen molar-refractivity contribution in [2.75, 3.05) is 41.0 Å². The molecule has 1 fully saturated rings. The normalized spacial score (nSPS) is 20.1. The molecule has 0 spiro atoms. The number of rotatable bonds is 3. The number of morpholine rings is 1. The third-order valence-electron chi connectivity index (χ3n) is 2.67. The van der Waals surface area contributed by atoms with Gasteiger partial charge in [0.25, 0.3) is 0 Å². The van der Waals surface area contributed by atoms with Crippen LogP contribution in [0.4, 0.5) is 0 Å². The molecule has 0 amide bonds. The second-order valence-electron chi connectivity index (χ2n) is 3.74. The quantitative estimate of drug-likeness (QED) is 0.787. The minimum absolute atomic E-state index is 0. The maximum Gasteiger partial charge on any atom is 0.322 e. The number of methoxy groups -OCH3 is 2. The second kappa shape index (κ2) is 6.67. The maximum atomic E-state index is 5.43. The van der Waals surface area contributed by atoms with Gasteiger partial charge in [0.15, 0.2) is 5.82 Å². The molecule has 0 saturated carbocycles. The average molecular weight is 277 g/mol. The van der Waals surface area contributed by atoms with Crippen LogP contribution < -0.4 is 9.47 Å². The first-order valence-electron chi connectivity index (χ1n) is 5.36. The van der Waals surface area contributed by atoms with E-state index in [4.69, 9.17) is 14.2 Å². The van der Waals surface area contributed by atoms with E-state index in [0.29, 0.717) is 12.4 Å². The van der Waals surface area contributed by atoms with E-state index in [-0.39, 0.29) is 30.5 Å². The Morgan fingerprint density at radius 1 is 1.17 bits per heavy atom. The van der Waals surface area contributed by atoms with Crippen LogP contribution in [0.15, 0.2) is 0 Å². The molecule has 7 nitrogen and oxygen atoms in total. The van der Waals surface area contributed by atoms with Crippen molar-refractivity contribution in [3.8, 4) is 12.0 Å². The minimum Gasteiger partial charge on any atom is -0.467 e. The topological polar surface area (TPSA) is 69.6 Å². The molecule has 0 aromatic carbocycles. The van der Waals surface area contributed by atoms with Crippen LogP contribution in [0.5, 0.6) is 12.0 Å². The zero-order valence-corrected chi connectivity index (χ0v) is 11.4. The highest BCUT2D eigenvalue weighted by Crippen LogP contribution is 2.22. The van der Waals surface area contributed by atoms with Crippen LogP contribution in [-0.2, 0) is 4.74 Å². The zero-order chi connectivity index (χ0) is 12.3. The van der Waals surface area contributed by atoms with Gasteiger partial charge in [-0.15, -0.1) is 17.4 Å². The van der Waals surface area contributed by atoms with Crippen LogP contribution in [0, 0.1) is 0 Å². The van der Waals surface area contributed by atoms with Gasteiger partial charge < -0.3 is 14.2 Å². The Labute approximate surface area is 112 Å². The fourth-order valence-electron chi connectivity index (χ4n) is 1.64. The zero-order valence-electron chi connectivity index (χ0n) is 10.6. The third kappa shape index (κ3) is 3.18. The van der Waals surface area contributed by atoms with E-state index in [2.05, 4.69) is 19.9 Å². The lowest BCUT2D eigenvalue weighted by Gasteiger charge is -2.31. The number of ether oxygens (including phenoxy) is 3. The number of nitrogens with zero attached hydrogens (tertiary/aromatic N) is 4. The molecular formula is C10H17ClN4O3. The van der Waals surface area contributed by atoms with E-state index in [1.807, 2.05) is 7.05 Å². The van der Waals surface area contributed by atoms with E-state index in [1.165, 1.54) is 14.2 Å². The van der Waals surface area contributed by atoms with Crippen molar-refractivity contribution in [3.63, 3.8) is 0 Å². The molecule has 1 aliphatic rings. The molecule has 1 atom stereocenters. The Balaban J connectivity index is 0.00000162. The standard InChI is InChI=1S/C10H16N4O3.ClH/c1-14-4-5-17-6-7(14)8-11-9(15-2)13-10(12-8)16-3;/h7H,4-6H2,1-3H3;1H. The van der Waals surface area contributed by atoms with Crippen molar-refractivity contribution in [1.82, 2.24) is 19.9 Å². The van der Waals surface area contributed by atoms with Gasteiger partial charge in [0.1, 0.15) is 0 Å². The Hall–Kier alpha value is -1.18. The molecule has 2 heterocycles. The summed E-state index contributed by atoms with van der Waals surface area (Å²) in [6.07, 6.45) is 0. The smallest absolute Gasteiger partial charge is 0.322 e. The minimum atomic E-state index is 0. The van der Waals surface area contributed by atoms with Gasteiger partial charge in [0.2, 0.25) is 0 Å². The van der Waals surface area contributed by atoms with Gasteiger partial charge in [-0.05, 0) is 7.05 Å². The molecule has 1 aromatic heterocycles. The molecular weight excluding hydrogens is 260 g/mol. The monoisotopic (exact) mass is 276 g/mol. The first kappa shape index (κ1) is 14.9. The number of aromatic nitrogens is 3. The summed E-state index contributed by atoms with van der Waals surface area (Å²) in [4.78, 5) is 14.6. The first-order chi connectivity index (χ1) is 8.24. The lowest BCUT2D eigenvalue weighted by atomic mass is 10.2. The average Bonchev–Trinajstić information content (AvgIpc) is 2.38. The van der Waals surface area contributed by atoms with Crippen molar-refractivity contribution < 1.29 is 14.2 Å². The van der Waals surface area contributed by atoms with Gasteiger partial charge in [0, 0.05) is 6.54 Å². The molecule has 1 saturated heterocycles. The largest absolute Gasteiger partial charge is 0.467 e. The van der Waals surface area contributed by atoms with Crippen molar-refractivity contribution >= 4 is 12.4 Å². The highest BCUT2D eigenvalue weighted by atomic mass is 35.5. The van der Waals surface area contributed by atoms with Crippen molar-refractivity contribution in [2.45, 2.75) is 6.04 Å². The van der Waals surface area contributed by atoms with Crippen molar-refractivity contribution in [1.29, 1.82) is 0 Å². The van der Waals surface area contributed by atoms with Gasteiger partial charge in [-0.25, -0.2) is 0 Å². The van der Waals surface area contributed by atoms with E-state index in [9.17, 15) is 0 Å². The molecule has 18 heavy (non-hydrogen) atoms. The lowest BCUT2D eigenvalue weighted by Crippen LogP contribution is -2.37. The summed E-state index contributed by atoms with van der Waals surface area (Å²) in [7, 11) is 5.04. The molecule has 1 aromatic rings. The Morgan fingerprint density at radius 2 is 1.78 bits per heavy atom. The summed E-state index contributed by atoms with van der Waals surface area (Å²) in [6, 6.07) is 0.520. The maximum absolute atomic E-state index is 5.43. The molecule has 8 heteroatoms. The van der Waals surface area contributed by atoms with Crippen molar-refractivity contribution in [3.05, 3.63) is 5.82 Å². The Kier molecular flexibility index (Phi) is 5.52. The fourth-order valence-corrected chi connectivity index (χ4v) is 1.64. The van der Waals surface area contributed by atoms with Gasteiger partial charge in [-0.1, -0.05) is 0 Å². The molecule has 1 unspecified atom stereocenters. The van der Waals surface area contributed by atoms with E-state index in [0.717, 1.165) is 13.2 Å². The Morgan fingerprint density at radius 3 is 2.28 bits per heavy atom. The molecule has 0 radical (unpaired) electrons. The van der Waals surface area contributed by atoms with Crippen molar-refractivity contribution in [2.24, 2.45) is 0 Å². The highest BCUT2D eigenvalue weighted by Gasteiger charge is 2.25. The van der Waals surface area contributed by atoms with Crippen LogP contribution in [0.3, 0.4) is 0 Å². The van der Waals surface area contributed by atoms with E-state index < -0.39 is 0 Å². The van der Waals surface area contributed by atoms with Crippen LogP contribution >= 0.6 is 12.4 Å². The number of hydrogen-bond donors (Lipinski definition) is 0. The molecule has 0 bridgehead atoms. The second-order valence-corrected chi connectivity index (χ2v) is 3.74. The van der Waals surface area contributed by atoms with Crippen LogP contribution in [0.25, 0.3) is 0 Å². The molecule has 102 valence electrons. The Bertz CT molecular complexity index is 371. The molecule has 1 aliphatic heterocycles. The van der Waals surface area contributed by atoms with Gasteiger partial charge in [0.05, 0.1) is 33.5 Å². The summed E-state index contributed by atoms with van der Waals surface area (Å²) in [6.45, 7) is 2.14. The summed E-state index contributed by atoms with van der Waals surface area (Å²) in [5.41, 5.74) is 0. The highest BCUT2D eigenvalue weighted by molar-refractivity contribution is 5.85. The predicted molar refractivity (Wildman–Crippen MR) is 66.4 cm³/mol. The summed E-state index contributed by atoms with van der Waals surface area (Å²) in [5.74, 6) is 0.607. The first-order valence-corrected chi connectivity index (χ1v) is 5.36. The molecule has 0 N–H and O–H groups in total. The summed E-state index contributed by atoms with van der Waals surface area (Å²) in [5, 5.41) is 0. The fraction of sp³-hybridized carbons (Fsp3) is 0.700. The van der Waals surface area contributed by atoms with Gasteiger partial charge >= 0.3 is 12.0 Å². The van der Waals surface area contributed by atoms with Gasteiger partial charge in [-0.3, -0.25) is 4.90 Å². The summed E-state index contributed by atoms with van der Waals surface area (Å²) < 4.78 is 15.5. The van der Waals surface area contributed by atoms with Crippen LogP contribution in [0.2, 0.25) is 0 Å². The van der Waals surface area contributed by atoms with Gasteiger partial charge in [-0.2, -0.15) is 9.97 Å². The third-order valence-corrected chi connectivity index (χ3v) is 2.67. The molecule has 0 aliphatic carbocycles. The number of likely N-dealkylation sites (N-methyl/N-ethyl adjacent to an activating group) is 1. The number of hydrogen-bond acceptors (Lipinski definition) is 7. The van der Waals surface area contributed by atoms with E-state index in [1.54, 1.807) is 0 Å². The SMILES string of the molecule is COc1nc(OC)nc(C2COCCN2C)n1.Cl. The van der Waals surface area contributed by atoms with E-state index >= 15 is 0 Å². The predicted octanol–water partition coefficient (Wildman–Crippen LogP) is 0.314. The molecule has 2 rings (SSSR count). The lowest BCUT2D eigenvalue weighted by molar-refractivity contribution is 0.00129.